The van der Waals surface area contributed by atoms with Crippen molar-refractivity contribution in [2.45, 2.75) is 26.9 Å². The molecule has 0 atom stereocenters. The molecule has 3 aromatic carbocycles. The van der Waals surface area contributed by atoms with Crippen LogP contribution in [0.25, 0.3) is 16.8 Å². The van der Waals surface area contributed by atoms with Gasteiger partial charge in [-0.25, -0.2) is 0 Å². The average molecular weight is 482 g/mol. The van der Waals surface area contributed by atoms with E-state index in [1.165, 1.54) is 10.3 Å². The third-order valence-corrected chi connectivity index (χ3v) is 6.34. The molecule has 0 aromatic heterocycles. The average Bonchev–Trinajstić information content (AvgIpc) is 3.06. The van der Waals surface area contributed by atoms with Crippen LogP contribution in [0.15, 0.2) is 59.5 Å². The minimum Gasteiger partial charge on any atom is -0.490 e. The molecule has 0 unspecified atom stereocenters. The summed E-state index contributed by atoms with van der Waals surface area (Å²) < 4.78 is 11.8. The number of carbonyl (C=O) groups excluding carboxylic acids is 2. The van der Waals surface area contributed by atoms with E-state index in [0.717, 1.165) is 29.1 Å². The Labute approximate surface area is 202 Å². The first-order chi connectivity index (χ1) is 16.0. The van der Waals surface area contributed by atoms with E-state index in [1.54, 1.807) is 18.2 Å². The maximum atomic E-state index is 12.6. The van der Waals surface area contributed by atoms with Crippen molar-refractivity contribution in [3.63, 3.8) is 0 Å². The van der Waals surface area contributed by atoms with Gasteiger partial charge in [-0.3, -0.25) is 14.5 Å². The lowest BCUT2D eigenvalue weighted by Gasteiger charge is -2.15. The van der Waals surface area contributed by atoms with E-state index in [0.29, 0.717) is 46.7 Å². The zero-order chi connectivity index (χ0) is 23.4. The van der Waals surface area contributed by atoms with Crippen LogP contribution in [0.3, 0.4) is 0 Å². The molecule has 0 N–H and O–H groups in total. The highest BCUT2D eigenvalue weighted by molar-refractivity contribution is 8.18. The van der Waals surface area contributed by atoms with Gasteiger partial charge in [0.15, 0.2) is 11.5 Å². The summed E-state index contributed by atoms with van der Waals surface area (Å²) >= 11 is 7.49. The van der Waals surface area contributed by atoms with E-state index in [9.17, 15) is 9.59 Å². The van der Waals surface area contributed by atoms with E-state index >= 15 is 0 Å². The molecule has 1 fully saturated rings. The minimum absolute atomic E-state index is 0.250. The molecule has 2 amide bonds. The number of imide groups is 1. The second-order valence-corrected chi connectivity index (χ2v) is 8.97. The maximum absolute atomic E-state index is 12.6. The molecule has 0 saturated carbocycles. The SMILES string of the molecule is CCCN1C(=O)S/C(=C/c2cc(Cl)c(OCc3ccc4ccccc4c3)c(OCC)c2)C1=O. The van der Waals surface area contributed by atoms with Gasteiger partial charge < -0.3 is 9.47 Å². The fraction of sp³-hybridized carbons (Fsp3) is 0.231. The number of hydrogen-bond donors (Lipinski definition) is 0. The van der Waals surface area contributed by atoms with E-state index < -0.39 is 0 Å². The van der Waals surface area contributed by atoms with Crippen molar-refractivity contribution < 1.29 is 19.1 Å². The first kappa shape index (κ1) is 23.2. The lowest BCUT2D eigenvalue weighted by molar-refractivity contribution is -0.122. The second kappa shape index (κ2) is 10.3. The normalized spacial score (nSPS) is 15.0. The Kier molecular flexibility index (Phi) is 7.26. The summed E-state index contributed by atoms with van der Waals surface area (Å²) in [7, 11) is 0. The van der Waals surface area contributed by atoms with Crippen LogP contribution in [-0.4, -0.2) is 29.2 Å². The molecule has 0 bridgehead atoms. The molecule has 1 heterocycles. The molecule has 0 spiro atoms. The van der Waals surface area contributed by atoms with Gasteiger partial charge in [-0.1, -0.05) is 54.9 Å². The summed E-state index contributed by atoms with van der Waals surface area (Å²) in [5.74, 6) is 0.658. The van der Waals surface area contributed by atoms with Gasteiger partial charge in [0.25, 0.3) is 11.1 Å². The number of carbonyl (C=O) groups is 2. The first-order valence-electron chi connectivity index (χ1n) is 10.8. The first-order valence-corrected chi connectivity index (χ1v) is 12.0. The highest BCUT2D eigenvalue weighted by Gasteiger charge is 2.34. The van der Waals surface area contributed by atoms with Crippen molar-refractivity contribution in [1.29, 1.82) is 0 Å². The Morgan fingerprint density at radius 3 is 2.55 bits per heavy atom. The summed E-state index contributed by atoms with van der Waals surface area (Å²) in [6, 6.07) is 17.8. The van der Waals surface area contributed by atoms with Crippen molar-refractivity contribution >= 4 is 51.4 Å². The number of ether oxygens (including phenoxy) is 2. The molecule has 3 aromatic rings. The Bertz CT molecular complexity index is 1240. The number of nitrogens with zero attached hydrogens (tertiary/aromatic N) is 1. The molecule has 170 valence electrons. The predicted octanol–water partition coefficient (Wildman–Crippen LogP) is 6.92. The number of rotatable bonds is 8. The molecule has 4 rings (SSSR count). The molecule has 1 aliphatic heterocycles. The number of hydrogen-bond acceptors (Lipinski definition) is 5. The fourth-order valence-electron chi connectivity index (χ4n) is 3.63. The van der Waals surface area contributed by atoms with Crippen LogP contribution < -0.4 is 9.47 Å². The number of amides is 2. The lowest BCUT2D eigenvalue weighted by atomic mass is 10.1. The molecular formula is C26H24ClNO4S. The van der Waals surface area contributed by atoms with Gasteiger partial charge in [0.1, 0.15) is 6.61 Å². The van der Waals surface area contributed by atoms with Crippen LogP contribution >= 0.6 is 23.4 Å². The van der Waals surface area contributed by atoms with Crippen molar-refractivity contribution in [2.24, 2.45) is 0 Å². The van der Waals surface area contributed by atoms with E-state index in [4.69, 9.17) is 21.1 Å². The lowest BCUT2D eigenvalue weighted by Crippen LogP contribution is -2.28. The predicted molar refractivity (Wildman–Crippen MR) is 134 cm³/mol. The van der Waals surface area contributed by atoms with Crippen molar-refractivity contribution in [1.82, 2.24) is 4.90 Å². The van der Waals surface area contributed by atoms with Crippen LogP contribution in [0.4, 0.5) is 4.79 Å². The highest BCUT2D eigenvalue weighted by atomic mass is 35.5. The van der Waals surface area contributed by atoms with Gasteiger partial charge in [-0.05, 0) is 71.3 Å². The van der Waals surface area contributed by atoms with Gasteiger partial charge >= 0.3 is 0 Å². The van der Waals surface area contributed by atoms with Crippen molar-refractivity contribution in [2.75, 3.05) is 13.2 Å². The Hall–Kier alpha value is -2.96. The fourth-order valence-corrected chi connectivity index (χ4v) is 4.76. The summed E-state index contributed by atoms with van der Waals surface area (Å²) in [5, 5.41) is 2.43. The largest absolute Gasteiger partial charge is 0.490 e. The standard InChI is InChI=1S/C26H24ClNO4S/c1-3-11-28-25(29)23(33-26(28)30)15-18-13-21(27)24(22(14-18)31-4-2)32-16-17-9-10-19-7-5-6-8-20(19)12-17/h5-10,12-15H,3-4,11,16H2,1-2H3/b23-15+. The number of thioether (sulfide) groups is 1. The summed E-state index contributed by atoms with van der Waals surface area (Å²) in [6.45, 7) is 4.98. The summed E-state index contributed by atoms with van der Waals surface area (Å²) in [6.07, 6.45) is 2.39. The smallest absolute Gasteiger partial charge is 0.293 e. The van der Waals surface area contributed by atoms with Crippen LogP contribution in [0.2, 0.25) is 5.02 Å². The van der Waals surface area contributed by atoms with Gasteiger partial charge in [-0.15, -0.1) is 0 Å². The van der Waals surface area contributed by atoms with Gasteiger partial charge in [0.2, 0.25) is 0 Å². The third kappa shape index (κ3) is 5.18. The Morgan fingerprint density at radius 2 is 1.79 bits per heavy atom. The monoisotopic (exact) mass is 481 g/mol. The number of fused-ring (bicyclic) bond motifs is 1. The van der Waals surface area contributed by atoms with E-state index in [-0.39, 0.29) is 11.1 Å². The molecule has 0 radical (unpaired) electrons. The number of benzene rings is 3. The second-order valence-electron chi connectivity index (χ2n) is 7.57. The van der Waals surface area contributed by atoms with Gasteiger partial charge in [-0.2, -0.15) is 0 Å². The summed E-state index contributed by atoms with van der Waals surface area (Å²) in [4.78, 5) is 26.3. The quantitative estimate of drug-likeness (QED) is 0.327. The molecule has 33 heavy (non-hydrogen) atoms. The van der Waals surface area contributed by atoms with E-state index in [1.807, 2.05) is 32.0 Å². The molecule has 1 saturated heterocycles. The molecule has 0 aliphatic carbocycles. The third-order valence-electron chi connectivity index (χ3n) is 5.15. The van der Waals surface area contributed by atoms with Crippen molar-refractivity contribution in [3.8, 4) is 11.5 Å². The molecule has 1 aliphatic rings. The zero-order valence-electron chi connectivity index (χ0n) is 18.5. The molecule has 7 heteroatoms. The van der Waals surface area contributed by atoms with Gasteiger partial charge in [0, 0.05) is 6.54 Å². The summed E-state index contributed by atoms with van der Waals surface area (Å²) in [5.41, 5.74) is 1.68. The highest BCUT2D eigenvalue weighted by Crippen LogP contribution is 2.39. The van der Waals surface area contributed by atoms with Crippen LogP contribution in [0, 0.1) is 0 Å². The van der Waals surface area contributed by atoms with Gasteiger partial charge in [0.05, 0.1) is 16.5 Å². The maximum Gasteiger partial charge on any atom is 0.293 e. The van der Waals surface area contributed by atoms with E-state index in [2.05, 4.69) is 24.3 Å². The topological polar surface area (TPSA) is 55.8 Å². The minimum atomic E-state index is -0.280. The van der Waals surface area contributed by atoms with Crippen molar-refractivity contribution in [3.05, 3.63) is 75.7 Å². The zero-order valence-corrected chi connectivity index (χ0v) is 20.0. The van der Waals surface area contributed by atoms with Crippen LogP contribution in [0.1, 0.15) is 31.4 Å². The molecular weight excluding hydrogens is 458 g/mol. The Balaban J connectivity index is 1.58. The van der Waals surface area contributed by atoms with Crippen LogP contribution in [-0.2, 0) is 11.4 Å². The number of halogens is 1. The molecule has 5 nitrogen and oxygen atoms in total. The Morgan fingerprint density at radius 1 is 1.00 bits per heavy atom. The van der Waals surface area contributed by atoms with Crippen LogP contribution in [0.5, 0.6) is 11.5 Å².